The van der Waals surface area contributed by atoms with Crippen LogP contribution in [0.4, 0.5) is 13.2 Å². The average Bonchev–Trinajstić information content (AvgIpc) is 2.42. The average molecular weight is 329 g/mol. The lowest BCUT2D eigenvalue weighted by atomic mass is 10.1. The molecular weight excluding hydrogens is 307 g/mol. The normalized spacial score (nSPS) is 18.1. The van der Waals surface area contributed by atoms with Crippen molar-refractivity contribution in [2.24, 2.45) is 0 Å². The fraction of sp³-hybridized carbons (Fsp3) is 0.833. The smallest absolute Gasteiger partial charge is 0.317 e. The number of nitrogens with zero attached hydrogens (tertiary/aromatic N) is 2. The predicted octanol–water partition coefficient (Wildman–Crippen LogP) is 1.36. The van der Waals surface area contributed by atoms with E-state index in [2.05, 4.69) is 5.32 Å². The second-order valence-corrected chi connectivity index (χ2v) is 6.91. The van der Waals surface area contributed by atoms with Crippen molar-refractivity contribution in [1.82, 2.24) is 13.9 Å². The predicted molar refractivity (Wildman–Crippen MR) is 75.0 cm³/mol. The highest BCUT2D eigenvalue weighted by atomic mass is 32.2. The van der Waals surface area contributed by atoms with Crippen molar-refractivity contribution < 1.29 is 21.6 Å². The first-order chi connectivity index (χ1) is 9.69. The third-order valence-corrected chi connectivity index (χ3v) is 5.29. The van der Waals surface area contributed by atoms with E-state index in [4.69, 9.17) is 0 Å². The monoisotopic (exact) mass is 329 g/mol. The minimum absolute atomic E-state index is 0.134. The van der Waals surface area contributed by atoms with Gasteiger partial charge in [-0.3, -0.25) is 0 Å². The summed E-state index contributed by atoms with van der Waals surface area (Å²) in [4.78, 5) is 0. The molecule has 0 atom stereocenters. The summed E-state index contributed by atoms with van der Waals surface area (Å²) < 4.78 is 64.3. The lowest BCUT2D eigenvalue weighted by Gasteiger charge is -2.30. The van der Waals surface area contributed by atoms with E-state index in [1.165, 1.54) is 11.4 Å². The van der Waals surface area contributed by atoms with Crippen molar-refractivity contribution in [3.63, 3.8) is 0 Å². The van der Waals surface area contributed by atoms with Gasteiger partial charge < -0.3 is 5.32 Å². The molecule has 0 saturated heterocycles. The van der Waals surface area contributed by atoms with Gasteiger partial charge in [-0.25, -0.2) is 0 Å². The van der Waals surface area contributed by atoms with Crippen LogP contribution in [-0.4, -0.2) is 63.0 Å². The van der Waals surface area contributed by atoms with Gasteiger partial charge in [0.15, 0.2) is 0 Å². The molecule has 0 aromatic rings. The molecule has 124 valence electrons. The third kappa shape index (κ3) is 5.24. The van der Waals surface area contributed by atoms with E-state index in [-0.39, 0.29) is 19.5 Å². The van der Waals surface area contributed by atoms with Crippen LogP contribution in [-0.2, 0) is 10.2 Å². The Balaban J connectivity index is 2.58. The maximum atomic E-state index is 12.5. The van der Waals surface area contributed by atoms with E-state index in [0.29, 0.717) is 19.5 Å². The molecule has 0 radical (unpaired) electrons. The quantitative estimate of drug-likeness (QED) is 0.567. The van der Waals surface area contributed by atoms with E-state index in [9.17, 15) is 21.6 Å². The number of hydrogen-bond acceptors (Lipinski definition) is 3. The van der Waals surface area contributed by atoms with Gasteiger partial charge in [0.25, 0.3) is 10.2 Å². The van der Waals surface area contributed by atoms with Gasteiger partial charge in [-0.15, -0.1) is 0 Å². The molecule has 1 rings (SSSR count). The Morgan fingerprint density at radius 3 is 2.57 bits per heavy atom. The summed E-state index contributed by atoms with van der Waals surface area (Å²) in [6.07, 6.45) is -3.06. The molecular formula is C12H22F3N3O2S. The van der Waals surface area contributed by atoms with Gasteiger partial charge in [0, 0.05) is 32.3 Å². The molecule has 0 unspecified atom stereocenters. The highest BCUT2D eigenvalue weighted by Crippen LogP contribution is 2.30. The highest BCUT2D eigenvalue weighted by molar-refractivity contribution is 7.86. The second-order valence-electron chi connectivity index (χ2n) is 4.87. The first kappa shape index (κ1) is 18.4. The van der Waals surface area contributed by atoms with Crippen LogP contribution in [0.1, 0.15) is 19.8 Å². The number of hydrogen-bond donors (Lipinski definition) is 1. The molecule has 0 spiro atoms. The van der Waals surface area contributed by atoms with Crippen LogP contribution in [0.5, 0.6) is 0 Å². The van der Waals surface area contributed by atoms with Crippen LogP contribution in [0.15, 0.2) is 11.6 Å². The largest absolute Gasteiger partial charge is 0.412 e. The van der Waals surface area contributed by atoms with Gasteiger partial charge in [-0.1, -0.05) is 13.0 Å². The number of rotatable bonds is 7. The summed E-state index contributed by atoms with van der Waals surface area (Å²) in [6, 6.07) is 0. The molecule has 1 N–H and O–H groups in total. The molecule has 1 heterocycles. The van der Waals surface area contributed by atoms with Gasteiger partial charge >= 0.3 is 6.18 Å². The minimum Gasteiger partial charge on any atom is -0.317 e. The first-order valence-electron chi connectivity index (χ1n) is 6.88. The van der Waals surface area contributed by atoms with Crippen LogP contribution in [0, 0.1) is 0 Å². The molecule has 1 aliphatic rings. The number of halogens is 3. The summed E-state index contributed by atoms with van der Waals surface area (Å²) in [5, 5.41) is 3.09. The molecule has 5 nitrogen and oxygen atoms in total. The summed E-state index contributed by atoms with van der Waals surface area (Å²) in [5.74, 6) is 0. The van der Waals surface area contributed by atoms with Crippen molar-refractivity contribution in [2.75, 3.05) is 39.8 Å². The molecule has 0 saturated carbocycles. The van der Waals surface area contributed by atoms with Crippen molar-refractivity contribution in [1.29, 1.82) is 0 Å². The van der Waals surface area contributed by atoms with E-state index < -0.39 is 22.0 Å². The van der Waals surface area contributed by atoms with E-state index in [1.807, 2.05) is 6.92 Å². The van der Waals surface area contributed by atoms with Crippen LogP contribution < -0.4 is 5.32 Å². The maximum absolute atomic E-state index is 12.5. The maximum Gasteiger partial charge on any atom is 0.412 e. The van der Waals surface area contributed by atoms with Gasteiger partial charge in [0.05, 0.1) is 0 Å². The standard InChI is InChI=1S/C12H22F3N3O2S/c1-3-16-7-4-8-17(2)21(19,20)18-9-5-11(6-10-18)12(13,14)15/h5,16H,3-4,6-10H2,1-2H3. The molecule has 0 aromatic carbocycles. The molecule has 0 fully saturated rings. The van der Waals surface area contributed by atoms with Crippen molar-refractivity contribution >= 4 is 10.2 Å². The summed E-state index contributed by atoms with van der Waals surface area (Å²) in [5.41, 5.74) is -0.649. The van der Waals surface area contributed by atoms with Gasteiger partial charge in [0.2, 0.25) is 0 Å². The van der Waals surface area contributed by atoms with Crippen LogP contribution in [0.25, 0.3) is 0 Å². The number of nitrogens with one attached hydrogen (secondary N) is 1. The van der Waals surface area contributed by atoms with E-state index >= 15 is 0 Å². The van der Waals surface area contributed by atoms with Gasteiger partial charge in [0.1, 0.15) is 0 Å². The first-order valence-corrected chi connectivity index (χ1v) is 8.27. The Labute approximate surface area is 124 Å². The Morgan fingerprint density at radius 2 is 2.10 bits per heavy atom. The highest BCUT2D eigenvalue weighted by Gasteiger charge is 2.37. The molecule has 0 bridgehead atoms. The summed E-state index contributed by atoms with van der Waals surface area (Å²) >= 11 is 0. The topological polar surface area (TPSA) is 52.7 Å². The zero-order valence-corrected chi connectivity index (χ0v) is 13.1. The Kier molecular flexibility index (Phi) is 6.64. The van der Waals surface area contributed by atoms with Crippen molar-refractivity contribution in [2.45, 2.75) is 25.9 Å². The summed E-state index contributed by atoms with van der Waals surface area (Å²) in [7, 11) is -2.24. The van der Waals surface area contributed by atoms with E-state index in [1.54, 1.807) is 0 Å². The zero-order chi connectivity index (χ0) is 16.1. The van der Waals surface area contributed by atoms with Crippen molar-refractivity contribution in [3.8, 4) is 0 Å². The van der Waals surface area contributed by atoms with E-state index in [0.717, 1.165) is 16.9 Å². The molecule has 0 aliphatic carbocycles. The molecule has 21 heavy (non-hydrogen) atoms. The third-order valence-electron chi connectivity index (χ3n) is 3.33. The van der Waals surface area contributed by atoms with Gasteiger partial charge in [-0.2, -0.15) is 30.2 Å². The van der Waals surface area contributed by atoms with Crippen LogP contribution >= 0.6 is 0 Å². The second kappa shape index (κ2) is 7.57. The fourth-order valence-electron chi connectivity index (χ4n) is 2.03. The molecule has 9 heteroatoms. The molecule has 1 aliphatic heterocycles. The Bertz CT molecular complexity index is 463. The van der Waals surface area contributed by atoms with Gasteiger partial charge in [-0.05, 0) is 25.9 Å². The lowest BCUT2D eigenvalue weighted by molar-refractivity contribution is -0.0953. The van der Waals surface area contributed by atoms with Crippen LogP contribution in [0.3, 0.4) is 0 Å². The van der Waals surface area contributed by atoms with Crippen LogP contribution in [0.2, 0.25) is 0 Å². The Morgan fingerprint density at radius 1 is 1.43 bits per heavy atom. The zero-order valence-electron chi connectivity index (χ0n) is 12.3. The minimum atomic E-state index is -4.37. The number of alkyl halides is 3. The molecule has 0 amide bonds. The van der Waals surface area contributed by atoms with Crippen molar-refractivity contribution in [3.05, 3.63) is 11.6 Å². The Hall–Kier alpha value is -0.640. The summed E-state index contributed by atoms with van der Waals surface area (Å²) in [6.45, 7) is 3.45. The SMILES string of the molecule is CCNCCCN(C)S(=O)(=O)N1CC=C(C(F)(F)F)CC1. The lowest BCUT2D eigenvalue weighted by Crippen LogP contribution is -2.45. The fourth-order valence-corrected chi connectivity index (χ4v) is 3.37. The molecule has 0 aromatic heterocycles.